The van der Waals surface area contributed by atoms with Gasteiger partial charge in [0.25, 0.3) is 0 Å². The highest BCUT2D eigenvalue weighted by Gasteiger charge is 2.17. The molecular formula is C18H27NO4. The first-order chi connectivity index (χ1) is 10.9. The lowest BCUT2D eigenvalue weighted by Crippen LogP contribution is -2.19. The maximum atomic E-state index is 12.0. The second-order valence-corrected chi connectivity index (χ2v) is 5.73. The van der Waals surface area contributed by atoms with Crippen molar-refractivity contribution < 1.29 is 19.1 Å². The predicted octanol–water partition coefficient (Wildman–Crippen LogP) is 3.96. The fraction of sp³-hybridized carbons (Fsp3) is 0.556. The van der Waals surface area contributed by atoms with Crippen LogP contribution in [0.25, 0.3) is 0 Å². The molecule has 2 atom stereocenters. The normalized spacial score (nSPS) is 13.1. The van der Waals surface area contributed by atoms with E-state index in [2.05, 4.69) is 5.32 Å². The number of ether oxygens (including phenoxy) is 2. The molecule has 23 heavy (non-hydrogen) atoms. The summed E-state index contributed by atoms with van der Waals surface area (Å²) < 4.78 is 11.8. The minimum Gasteiger partial charge on any atom is -0.488 e. The van der Waals surface area contributed by atoms with Crippen LogP contribution in [0.3, 0.4) is 0 Å². The van der Waals surface area contributed by atoms with Crippen molar-refractivity contribution in [1.29, 1.82) is 0 Å². The van der Waals surface area contributed by atoms with E-state index < -0.39 is 0 Å². The number of amides is 1. The molecule has 0 saturated heterocycles. The molecule has 0 saturated carbocycles. The van der Waals surface area contributed by atoms with Crippen molar-refractivity contribution >= 4 is 17.4 Å². The molecule has 1 rings (SSSR count). The summed E-state index contributed by atoms with van der Waals surface area (Å²) in [6, 6.07) is 5.41. The minimum atomic E-state index is -0.369. The van der Waals surface area contributed by atoms with Crippen molar-refractivity contribution in [2.75, 3.05) is 5.32 Å². The molecule has 0 spiro atoms. The van der Waals surface area contributed by atoms with Crippen LogP contribution < -0.4 is 14.8 Å². The standard InChI is InChI=1S/C18H27NO4/c1-6-13(4)22-15-9-8-10-16(23-14(5)7-2)18(15)19-17(21)11-12(3)20/h8-10,13-14H,6-7,11H2,1-5H3,(H,19,21). The summed E-state index contributed by atoms with van der Waals surface area (Å²) in [6.07, 6.45) is 1.55. The highest BCUT2D eigenvalue weighted by atomic mass is 16.5. The van der Waals surface area contributed by atoms with Crippen LogP contribution in [-0.2, 0) is 9.59 Å². The van der Waals surface area contributed by atoms with Crippen LogP contribution >= 0.6 is 0 Å². The number of nitrogens with one attached hydrogen (secondary N) is 1. The number of benzene rings is 1. The number of anilines is 1. The molecule has 0 fully saturated rings. The quantitative estimate of drug-likeness (QED) is 0.699. The SMILES string of the molecule is CCC(C)Oc1cccc(OC(C)CC)c1NC(=O)CC(C)=O. The topological polar surface area (TPSA) is 64.6 Å². The number of para-hydroxylation sites is 1. The van der Waals surface area contributed by atoms with E-state index in [1.54, 1.807) is 12.1 Å². The molecule has 128 valence electrons. The van der Waals surface area contributed by atoms with Crippen molar-refractivity contribution in [3.05, 3.63) is 18.2 Å². The summed E-state index contributed by atoms with van der Waals surface area (Å²) >= 11 is 0. The van der Waals surface area contributed by atoms with E-state index in [4.69, 9.17) is 9.47 Å². The van der Waals surface area contributed by atoms with Gasteiger partial charge in [-0.15, -0.1) is 0 Å². The van der Waals surface area contributed by atoms with Crippen LogP contribution in [0.4, 0.5) is 5.69 Å². The van der Waals surface area contributed by atoms with Crippen LogP contribution in [-0.4, -0.2) is 23.9 Å². The Bertz CT molecular complexity index is 512. The van der Waals surface area contributed by atoms with E-state index in [1.807, 2.05) is 33.8 Å². The molecule has 1 N–H and O–H groups in total. The van der Waals surface area contributed by atoms with Crippen molar-refractivity contribution in [2.24, 2.45) is 0 Å². The zero-order chi connectivity index (χ0) is 17.4. The summed E-state index contributed by atoms with van der Waals surface area (Å²) in [4.78, 5) is 23.1. The lowest BCUT2D eigenvalue weighted by atomic mass is 10.2. The molecule has 5 heteroatoms. The van der Waals surface area contributed by atoms with E-state index in [1.165, 1.54) is 6.92 Å². The number of hydrogen-bond acceptors (Lipinski definition) is 4. The third kappa shape index (κ3) is 6.30. The molecule has 2 unspecified atom stereocenters. The average molecular weight is 321 g/mol. The van der Waals surface area contributed by atoms with Gasteiger partial charge in [-0.1, -0.05) is 19.9 Å². The summed E-state index contributed by atoms with van der Waals surface area (Å²) in [7, 11) is 0. The molecule has 0 bridgehead atoms. The van der Waals surface area contributed by atoms with E-state index >= 15 is 0 Å². The van der Waals surface area contributed by atoms with Gasteiger partial charge in [0, 0.05) is 0 Å². The molecule has 1 amide bonds. The summed E-state index contributed by atoms with van der Waals surface area (Å²) in [6.45, 7) is 9.36. The first kappa shape index (κ1) is 19.0. The van der Waals surface area contributed by atoms with Crippen molar-refractivity contribution in [3.63, 3.8) is 0 Å². The largest absolute Gasteiger partial charge is 0.488 e. The van der Waals surface area contributed by atoms with E-state index in [0.717, 1.165) is 12.8 Å². The molecular weight excluding hydrogens is 294 g/mol. The van der Waals surface area contributed by atoms with Gasteiger partial charge in [-0.2, -0.15) is 0 Å². The number of rotatable bonds is 9. The van der Waals surface area contributed by atoms with Crippen LogP contribution in [0.2, 0.25) is 0 Å². The van der Waals surface area contributed by atoms with Crippen molar-refractivity contribution in [1.82, 2.24) is 0 Å². The highest BCUT2D eigenvalue weighted by molar-refractivity contribution is 6.04. The number of hydrogen-bond donors (Lipinski definition) is 1. The lowest BCUT2D eigenvalue weighted by Gasteiger charge is -2.21. The zero-order valence-corrected chi connectivity index (χ0v) is 14.6. The first-order valence-corrected chi connectivity index (χ1v) is 8.12. The molecule has 5 nitrogen and oxygen atoms in total. The molecule has 0 aliphatic heterocycles. The van der Waals surface area contributed by atoms with Gasteiger partial charge < -0.3 is 14.8 Å². The average Bonchev–Trinajstić information content (AvgIpc) is 2.49. The van der Waals surface area contributed by atoms with Gasteiger partial charge in [-0.05, 0) is 45.7 Å². The Labute approximate surface area is 138 Å². The van der Waals surface area contributed by atoms with Crippen LogP contribution in [0, 0.1) is 0 Å². The summed E-state index contributed by atoms with van der Waals surface area (Å²) in [5.74, 6) is 0.549. The Balaban J connectivity index is 3.10. The van der Waals surface area contributed by atoms with E-state index in [-0.39, 0.29) is 30.3 Å². The monoisotopic (exact) mass is 321 g/mol. The van der Waals surface area contributed by atoms with Gasteiger partial charge in [-0.25, -0.2) is 0 Å². The van der Waals surface area contributed by atoms with Crippen molar-refractivity contribution in [3.8, 4) is 11.5 Å². The van der Waals surface area contributed by atoms with Gasteiger partial charge in [0.05, 0.1) is 18.6 Å². The minimum absolute atomic E-state index is 0.0114. The third-order valence-electron chi connectivity index (χ3n) is 3.47. The molecule has 0 aromatic heterocycles. The van der Waals surface area contributed by atoms with Gasteiger partial charge in [0.15, 0.2) is 0 Å². The highest BCUT2D eigenvalue weighted by Crippen LogP contribution is 2.36. The first-order valence-electron chi connectivity index (χ1n) is 8.12. The Morgan fingerprint density at radius 2 is 1.52 bits per heavy atom. The number of carbonyl (C=O) groups excluding carboxylic acids is 2. The summed E-state index contributed by atoms with van der Waals surface area (Å²) in [5, 5.41) is 2.76. The molecule has 1 aromatic carbocycles. The van der Waals surface area contributed by atoms with Gasteiger partial charge in [0.1, 0.15) is 23.0 Å². The Hall–Kier alpha value is -2.04. The Morgan fingerprint density at radius 1 is 1.04 bits per heavy atom. The van der Waals surface area contributed by atoms with Gasteiger partial charge >= 0.3 is 0 Å². The number of carbonyl (C=O) groups is 2. The summed E-state index contributed by atoms with van der Waals surface area (Å²) in [5.41, 5.74) is 0.486. The fourth-order valence-corrected chi connectivity index (χ4v) is 1.84. The molecule has 0 aliphatic rings. The van der Waals surface area contributed by atoms with Gasteiger partial charge in [-0.3, -0.25) is 9.59 Å². The van der Waals surface area contributed by atoms with Crippen molar-refractivity contribution in [2.45, 2.75) is 66.1 Å². The number of ketones is 1. The second kappa shape index (κ2) is 9.18. The fourth-order valence-electron chi connectivity index (χ4n) is 1.84. The predicted molar refractivity (Wildman–Crippen MR) is 91.1 cm³/mol. The Morgan fingerprint density at radius 3 is 1.91 bits per heavy atom. The zero-order valence-electron chi connectivity index (χ0n) is 14.6. The van der Waals surface area contributed by atoms with Gasteiger partial charge in [0.2, 0.25) is 5.91 Å². The molecule has 0 aliphatic carbocycles. The lowest BCUT2D eigenvalue weighted by molar-refractivity contribution is -0.124. The third-order valence-corrected chi connectivity index (χ3v) is 3.47. The second-order valence-electron chi connectivity index (χ2n) is 5.73. The van der Waals surface area contributed by atoms with Crippen LogP contribution in [0.15, 0.2) is 18.2 Å². The molecule has 0 radical (unpaired) electrons. The van der Waals surface area contributed by atoms with Crippen LogP contribution in [0.1, 0.15) is 53.9 Å². The maximum Gasteiger partial charge on any atom is 0.232 e. The van der Waals surface area contributed by atoms with E-state index in [9.17, 15) is 9.59 Å². The smallest absolute Gasteiger partial charge is 0.232 e. The number of Topliss-reactive ketones (excluding diaryl/α,β-unsaturated/α-hetero) is 1. The maximum absolute atomic E-state index is 12.0. The molecule has 1 aromatic rings. The van der Waals surface area contributed by atoms with E-state index in [0.29, 0.717) is 17.2 Å². The van der Waals surface area contributed by atoms with Crippen LogP contribution in [0.5, 0.6) is 11.5 Å². The molecule has 0 heterocycles. The Kier molecular flexibility index (Phi) is 7.59.